The first-order valence-electron chi connectivity index (χ1n) is 7.92. The molecule has 0 saturated carbocycles. The zero-order valence-corrected chi connectivity index (χ0v) is 14.4. The SMILES string of the molecule is CCCCC(=O)N(c1ccc(OCC)cc1)[C@H]1C=CS(=O)(=O)C1. The number of hydrogen-bond donors (Lipinski definition) is 0. The average Bonchev–Trinajstić information content (AvgIpc) is 2.87. The molecule has 23 heavy (non-hydrogen) atoms. The number of unbranched alkanes of at least 4 members (excludes halogenated alkanes) is 1. The molecule has 0 bridgehead atoms. The van der Waals surface area contributed by atoms with Gasteiger partial charge in [-0.25, -0.2) is 8.42 Å². The van der Waals surface area contributed by atoms with Crippen molar-refractivity contribution in [1.82, 2.24) is 0 Å². The monoisotopic (exact) mass is 337 g/mol. The fourth-order valence-corrected chi connectivity index (χ4v) is 3.83. The standard InChI is InChI=1S/C17H23NO4S/c1-3-5-6-17(19)18(15-11-12-23(20,21)13-15)14-7-9-16(10-8-14)22-4-2/h7-12,15H,3-6,13H2,1-2H3/t15-/m0/s1. The molecule has 1 atom stereocenters. The molecule has 1 aromatic carbocycles. The molecule has 1 heterocycles. The summed E-state index contributed by atoms with van der Waals surface area (Å²) >= 11 is 0. The topological polar surface area (TPSA) is 63.7 Å². The maximum atomic E-state index is 12.6. The van der Waals surface area contributed by atoms with Crippen molar-refractivity contribution in [1.29, 1.82) is 0 Å². The fraction of sp³-hybridized carbons (Fsp3) is 0.471. The van der Waals surface area contributed by atoms with E-state index in [1.165, 1.54) is 5.41 Å². The van der Waals surface area contributed by atoms with Crippen molar-refractivity contribution in [2.75, 3.05) is 17.3 Å². The molecule has 0 saturated heterocycles. The Morgan fingerprint density at radius 3 is 2.48 bits per heavy atom. The van der Waals surface area contributed by atoms with Crippen LogP contribution in [0.1, 0.15) is 33.1 Å². The third kappa shape index (κ3) is 4.58. The third-order valence-electron chi connectivity index (χ3n) is 3.68. The predicted octanol–water partition coefficient (Wildman–Crippen LogP) is 2.92. The lowest BCUT2D eigenvalue weighted by atomic mass is 10.1. The molecule has 6 heteroatoms. The highest BCUT2D eigenvalue weighted by Crippen LogP contribution is 2.26. The van der Waals surface area contributed by atoms with E-state index in [9.17, 15) is 13.2 Å². The second-order valence-corrected chi connectivity index (χ2v) is 7.45. The Morgan fingerprint density at radius 1 is 1.26 bits per heavy atom. The number of amides is 1. The second kappa shape index (κ2) is 7.64. The number of nitrogens with zero attached hydrogens (tertiary/aromatic N) is 1. The van der Waals surface area contributed by atoms with Crippen LogP contribution in [0.5, 0.6) is 5.75 Å². The van der Waals surface area contributed by atoms with Gasteiger partial charge in [0.15, 0.2) is 9.84 Å². The Balaban J connectivity index is 2.26. The van der Waals surface area contributed by atoms with Crippen molar-refractivity contribution in [3.8, 4) is 5.75 Å². The maximum Gasteiger partial charge on any atom is 0.227 e. The van der Waals surface area contributed by atoms with E-state index in [0.29, 0.717) is 18.7 Å². The van der Waals surface area contributed by atoms with Gasteiger partial charge in [0, 0.05) is 17.5 Å². The van der Waals surface area contributed by atoms with Gasteiger partial charge in [-0.05, 0) is 43.7 Å². The van der Waals surface area contributed by atoms with Crippen molar-refractivity contribution < 1.29 is 17.9 Å². The lowest BCUT2D eigenvalue weighted by Gasteiger charge is -2.28. The summed E-state index contributed by atoms with van der Waals surface area (Å²) in [6.45, 7) is 4.50. The Morgan fingerprint density at radius 2 is 1.96 bits per heavy atom. The van der Waals surface area contributed by atoms with Crippen LogP contribution in [0.3, 0.4) is 0 Å². The van der Waals surface area contributed by atoms with Crippen LogP contribution in [0.25, 0.3) is 0 Å². The molecule has 0 unspecified atom stereocenters. The predicted molar refractivity (Wildman–Crippen MR) is 91.3 cm³/mol. The zero-order chi connectivity index (χ0) is 16.9. The summed E-state index contributed by atoms with van der Waals surface area (Å²) in [6, 6.07) is 6.75. The van der Waals surface area contributed by atoms with E-state index in [1.54, 1.807) is 35.2 Å². The van der Waals surface area contributed by atoms with Gasteiger partial charge in [-0.3, -0.25) is 4.79 Å². The van der Waals surface area contributed by atoms with Crippen molar-refractivity contribution in [2.24, 2.45) is 0 Å². The molecule has 5 nitrogen and oxygen atoms in total. The molecule has 1 amide bonds. The lowest BCUT2D eigenvalue weighted by Crippen LogP contribution is -2.41. The van der Waals surface area contributed by atoms with Crippen LogP contribution in [0.2, 0.25) is 0 Å². The third-order valence-corrected chi connectivity index (χ3v) is 5.06. The average molecular weight is 337 g/mol. The van der Waals surface area contributed by atoms with Gasteiger partial charge in [-0.1, -0.05) is 13.3 Å². The molecule has 2 rings (SSSR count). The van der Waals surface area contributed by atoms with Gasteiger partial charge < -0.3 is 9.64 Å². The van der Waals surface area contributed by atoms with E-state index in [2.05, 4.69) is 0 Å². The number of carbonyl (C=O) groups excluding carboxylic acids is 1. The van der Waals surface area contributed by atoms with Gasteiger partial charge in [0.2, 0.25) is 5.91 Å². The smallest absolute Gasteiger partial charge is 0.227 e. The minimum atomic E-state index is -3.22. The number of ether oxygens (including phenoxy) is 1. The highest BCUT2D eigenvalue weighted by Gasteiger charge is 2.31. The summed E-state index contributed by atoms with van der Waals surface area (Å²) < 4.78 is 28.8. The minimum absolute atomic E-state index is 0.0530. The molecule has 1 aliphatic rings. The quantitative estimate of drug-likeness (QED) is 0.767. The highest BCUT2D eigenvalue weighted by molar-refractivity contribution is 7.94. The molecular weight excluding hydrogens is 314 g/mol. The molecule has 0 fully saturated rings. The van der Waals surface area contributed by atoms with Gasteiger partial charge in [0.25, 0.3) is 0 Å². The van der Waals surface area contributed by atoms with Crippen molar-refractivity contribution in [3.63, 3.8) is 0 Å². The first-order chi connectivity index (χ1) is 11.0. The van der Waals surface area contributed by atoms with Crippen LogP contribution in [-0.4, -0.2) is 32.7 Å². The van der Waals surface area contributed by atoms with Gasteiger partial charge in [0.1, 0.15) is 5.75 Å². The van der Waals surface area contributed by atoms with E-state index >= 15 is 0 Å². The molecular formula is C17H23NO4S. The number of carbonyl (C=O) groups is 1. The summed E-state index contributed by atoms with van der Waals surface area (Å²) in [7, 11) is -3.22. The molecule has 126 valence electrons. The Hall–Kier alpha value is -1.82. The van der Waals surface area contributed by atoms with Gasteiger partial charge in [-0.2, -0.15) is 0 Å². The normalized spacial score (nSPS) is 18.8. The number of benzene rings is 1. The summed E-state index contributed by atoms with van der Waals surface area (Å²) in [5.41, 5.74) is 0.696. The van der Waals surface area contributed by atoms with Crippen LogP contribution < -0.4 is 9.64 Å². The molecule has 1 aliphatic heterocycles. The summed E-state index contributed by atoms with van der Waals surface area (Å²) in [5, 5.41) is 1.20. The second-order valence-electron chi connectivity index (χ2n) is 5.52. The molecule has 0 spiro atoms. The maximum absolute atomic E-state index is 12.6. The van der Waals surface area contributed by atoms with E-state index in [0.717, 1.165) is 18.6 Å². The first kappa shape index (κ1) is 17.5. The van der Waals surface area contributed by atoms with Gasteiger partial charge in [0.05, 0.1) is 18.4 Å². The molecule has 0 N–H and O–H groups in total. The Labute approximate surface area is 137 Å². The van der Waals surface area contributed by atoms with Crippen molar-refractivity contribution in [2.45, 2.75) is 39.2 Å². The number of hydrogen-bond acceptors (Lipinski definition) is 4. The fourth-order valence-electron chi connectivity index (χ4n) is 2.56. The Bertz CT molecular complexity index is 664. The summed E-state index contributed by atoms with van der Waals surface area (Å²) in [4.78, 5) is 14.2. The lowest BCUT2D eigenvalue weighted by molar-refractivity contribution is -0.118. The van der Waals surface area contributed by atoms with Crippen molar-refractivity contribution in [3.05, 3.63) is 35.7 Å². The largest absolute Gasteiger partial charge is 0.494 e. The summed E-state index contributed by atoms with van der Waals surface area (Å²) in [5.74, 6) is 0.618. The zero-order valence-electron chi connectivity index (χ0n) is 13.6. The number of rotatable bonds is 7. The Kier molecular flexibility index (Phi) is 5.82. The van der Waals surface area contributed by atoms with Crippen LogP contribution in [0.15, 0.2) is 35.7 Å². The van der Waals surface area contributed by atoms with E-state index < -0.39 is 15.9 Å². The van der Waals surface area contributed by atoms with Crippen LogP contribution in [-0.2, 0) is 14.6 Å². The number of anilines is 1. The molecule has 1 aromatic rings. The molecule has 0 aromatic heterocycles. The van der Waals surface area contributed by atoms with E-state index in [4.69, 9.17) is 4.74 Å². The van der Waals surface area contributed by atoms with Crippen LogP contribution in [0.4, 0.5) is 5.69 Å². The van der Waals surface area contributed by atoms with Crippen LogP contribution >= 0.6 is 0 Å². The van der Waals surface area contributed by atoms with E-state index in [1.807, 2.05) is 13.8 Å². The van der Waals surface area contributed by atoms with Crippen molar-refractivity contribution >= 4 is 21.4 Å². The van der Waals surface area contributed by atoms with E-state index in [-0.39, 0.29) is 11.7 Å². The van der Waals surface area contributed by atoms with Gasteiger partial charge >= 0.3 is 0 Å². The van der Waals surface area contributed by atoms with Gasteiger partial charge in [-0.15, -0.1) is 0 Å². The molecule has 0 radical (unpaired) electrons. The first-order valence-corrected chi connectivity index (χ1v) is 9.64. The molecule has 0 aliphatic carbocycles. The summed E-state index contributed by atoms with van der Waals surface area (Å²) in [6.07, 6.45) is 3.71. The van der Waals surface area contributed by atoms with Crippen LogP contribution in [0, 0.1) is 0 Å². The highest BCUT2D eigenvalue weighted by atomic mass is 32.2. The number of sulfone groups is 1. The minimum Gasteiger partial charge on any atom is -0.494 e.